The zero-order valence-electron chi connectivity index (χ0n) is 20.6. The Balaban J connectivity index is 1.84. The predicted octanol–water partition coefficient (Wildman–Crippen LogP) is 6.78. The topological polar surface area (TPSA) is 54.7 Å². The van der Waals surface area contributed by atoms with Gasteiger partial charge < -0.3 is 19.3 Å². The fourth-order valence-electron chi connectivity index (χ4n) is 4.85. The van der Waals surface area contributed by atoms with Gasteiger partial charge in [0.2, 0.25) is 0 Å². The number of aliphatic hydroxyl groups excluding tert-OH is 1. The number of fused-ring (bicyclic) bond motifs is 3. The van der Waals surface area contributed by atoms with Crippen LogP contribution < -0.4 is 0 Å². The zero-order valence-corrected chi connectivity index (χ0v) is 21.4. The highest BCUT2D eigenvalue weighted by atomic mass is 32.2. The van der Waals surface area contributed by atoms with Gasteiger partial charge in [0.15, 0.2) is 0 Å². The van der Waals surface area contributed by atoms with E-state index < -0.39 is 35.6 Å². The number of rotatable bonds is 2. The summed E-state index contributed by atoms with van der Waals surface area (Å²) in [6.07, 6.45) is -3.03. The lowest BCUT2D eigenvalue weighted by molar-refractivity contribution is -0.139. The number of nitrogens with zero attached hydrogens (tertiary/aromatic N) is 2. The van der Waals surface area contributed by atoms with E-state index in [1.807, 2.05) is 29.7 Å². The third-order valence-electron chi connectivity index (χ3n) is 6.35. The monoisotopic (exact) mass is 508 g/mol. The van der Waals surface area contributed by atoms with Gasteiger partial charge in [-0.15, -0.1) is 11.8 Å². The van der Waals surface area contributed by atoms with Crippen molar-refractivity contribution in [2.45, 2.75) is 69.4 Å². The van der Waals surface area contributed by atoms with Crippen LogP contribution in [0.1, 0.15) is 50.8 Å². The maximum absolute atomic E-state index is 13.8. The van der Waals surface area contributed by atoms with Gasteiger partial charge in [0.05, 0.1) is 29.8 Å². The molecule has 190 valence electrons. The Morgan fingerprint density at radius 1 is 1.11 bits per heavy atom. The van der Waals surface area contributed by atoms with Gasteiger partial charge in [0, 0.05) is 27.7 Å². The molecule has 3 aromatic rings. The maximum atomic E-state index is 13.8. The Hall–Kier alpha value is -2.39. The van der Waals surface area contributed by atoms with Gasteiger partial charge in [-0.2, -0.15) is 13.2 Å². The van der Waals surface area contributed by atoms with Crippen LogP contribution in [0.4, 0.5) is 18.0 Å². The minimum absolute atomic E-state index is 0.0859. The number of hydrogen-bond donors (Lipinski definition) is 1. The number of aryl methyl sites for hydroxylation is 1. The SMILES string of the molecule is CSc1cc2c(cc1C(F)(F)F)c1cc(C)ccc1n2[C@@H]1CCCN(C(=O)OC(C)(C)C)C[C@H]1O. The molecule has 5 nitrogen and oxygen atoms in total. The molecule has 0 radical (unpaired) electrons. The van der Waals surface area contributed by atoms with Crippen LogP contribution in [-0.4, -0.2) is 51.7 Å². The molecule has 1 saturated heterocycles. The van der Waals surface area contributed by atoms with Gasteiger partial charge >= 0.3 is 12.3 Å². The summed E-state index contributed by atoms with van der Waals surface area (Å²) >= 11 is 1.05. The largest absolute Gasteiger partial charge is 0.444 e. The lowest BCUT2D eigenvalue weighted by Crippen LogP contribution is -2.41. The summed E-state index contributed by atoms with van der Waals surface area (Å²) in [5.74, 6) is 0. The van der Waals surface area contributed by atoms with Gasteiger partial charge in [0.25, 0.3) is 0 Å². The van der Waals surface area contributed by atoms with Crippen LogP contribution in [0.5, 0.6) is 0 Å². The first-order valence-electron chi connectivity index (χ1n) is 11.7. The summed E-state index contributed by atoms with van der Waals surface area (Å²) in [6, 6.07) is 8.13. The molecule has 0 unspecified atom stereocenters. The summed E-state index contributed by atoms with van der Waals surface area (Å²) in [5, 5.41) is 12.5. The second-order valence-electron chi connectivity index (χ2n) is 10.2. The van der Waals surface area contributed by atoms with Crippen molar-refractivity contribution in [2.75, 3.05) is 19.3 Å². The van der Waals surface area contributed by atoms with Crippen LogP contribution in [0.25, 0.3) is 21.8 Å². The van der Waals surface area contributed by atoms with Crippen molar-refractivity contribution in [3.63, 3.8) is 0 Å². The highest BCUT2D eigenvalue weighted by Gasteiger charge is 2.36. The molecule has 1 aromatic heterocycles. The lowest BCUT2D eigenvalue weighted by atomic mass is 10.1. The summed E-state index contributed by atoms with van der Waals surface area (Å²) in [6.45, 7) is 7.81. The van der Waals surface area contributed by atoms with Crippen molar-refractivity contribution in [1.82, 2.24) is 9.47 Å². The average Bonchev–Trinajstić information content (AvgIpc) is 2.91. The first kappa shape index (κ1) is 25.7. The number of ether oxygens (including phenoxy) is 1. The Kier molecular flexibility index (Phi) is 6.79. The van der Waals surface area contributed by atoms with Crippen LogP contribution in [-0.2, 0) is 10.9 Å². The molecular formula is C26H31F3N2O3S. The van der Waals surface area contributed by atoms with E-state index in [0.717, 1.165) is 28.2 Å². The van der Waals surface area contributed by atoms with Crippen molar-refractivity contribution in [3.8, 4) is 0 Å². The summed E-state index contributed by atoms with van der Waals surface area (Å²) in [7, 11) is 0. The number of aliphatic hydroxyl groups is 1. The highest BCUT2D eigenvalue weighted by molar-refractivity contribution is 7.98. The summed E-state index contributed by atoms with van der Waals surface area (Å²) < 4.78 is 49.0. The summed E-state index contributed by atoms with van der Waals surface area (Å²) in [5.41, 5.74) is 1.06. The molecule has 1 N–H and O–H groups in total. The van der Waals surface area contributed by atoms with E-state index in [0.29, 0.717) is 30.3 Å². The quantitative estimate of drug-likeness (QED) is 0.388. The molecule has 2 atom stereocenters. The van der Waals surface area contributed by atoms with Crippen LogP contribution in [0, 0.1) is 6.92 Å². The van der Waals surface area contributed by atoms with E-state index in [1.54, 1.807) is 33.1 Å². The van der Waals surface area contributed by atoms with Crippen molar-refractivity contribution < 1.29 is 27.8 Å². The molecule has 35 heavy (non-hydrogen) atoms. The van der Waals surface area contributed by atoms with Crippen LogP contribution >= 0.6 is 11.8 Å². The second kappa shape index (κ2) is 9.24. The van der Waals surface area contributed by atoms with E-state index in [2.05, 4.69) is 0 Å². The predicted molar refractivity (Wildman–Crippen MR) is 133 cm³/mol. The number of carbonyl (C=O) groups excluding carboxylic acids is 1. The highest BCUT2D eigenvalue weighted by Crippen LogP contribution is 2.43. The molecule has 0 bridgehead atoms. The molecule has 1 aliphatic heterocycles. The van der Waals surface area contributed by atoms with E-state index in [9.17, 15) is 23.1 Å². The number of likely N-dealkylation sites (tertiary alicyclic amines) is 1. The Bertz CT molecular complexity index is 1260. The number of amides is 1. The molecule has 0 spiro atoms. The van der Waals surface area contributed by atoms with E-state index in [4.69, 9.17) is 4.74 Å². The van der Waals surface area contributed by atoms with Crippen LogP contribution in [0.2, 0.25) is 0 Å². The number of halogens is 3. The summed E-state index contributed by atoms with van der Waals surface area (Å²) in [4.78, 5) is 14.3. The molecule has 0 aliphatic carbocycles. The fourth-order valence-corrected chi connectivity index (χ4v) is 5.48. The number of carbonyl (C=O) groups is 1. The molecule has 2 aromatic carbocycles. The molecule has 2 heterocycles. The standard InChI is InChI=1S/C26H31F3N2O3S/c1-15-8-9-19-16(11-15)17-12-18(26(27,28)29)23(35-5)13-21(17)31(19)20-7-6-10-30(14-22(20)32)24(33)34-25(2,3)4/h8-9,11-13,20,22,32H,6-7,10,14H2,1-5H3/t20-,22-/m1/s1. The molecular weight excluding hydrogens is 477 g/mol. The fraction of sp³-hybridized carbons (Fsp3) is 0.500. The van der Waals surface area contributed by atoms with E-state index in [-0.39, 0.29) is 11.4 Å². The first-order valence-corrected chi connectivity index (χ1v) is 12.9. The molecule has 9 heteroatoms. The lowest BCUT2D eigenvalue weighted by Gasteiger charge is -2.29. The number of thioether (sulfide) groups is 1. The van der Waals surface area contributed by atoms with Gasteiger partial charge in [-0.25, -0.2) is 4.79 Å². The van der Waals surface area contributed by atoms with E-state index in [1.165, 1.54) is 11.0 Å². The minimum atomic E-state index is -4.47. The van der Waals surface area contributed by atoms with E-state index >= 15 is 0 Å². The first-order chi connectivity index (χ1) is 16.3. The Morgan fingerprint density at radius 3 is 2.43 bits per heavy atom. The Labute approximate surface area is 207 Å². The molecule has 1 aliphatic rings. The third kappa shape index (κ3) is 5.11. The molecule has 1 amide bonds. The average molecular weight is 509 g/mol. The number of aromatic nitrogens is 1. The number of benzene rings is 2. The Morgan fingerprint density at radius 2 is 1.80 bits per heavy atom. The zero-order chi connectivity index (χ0) is 25.7. The van der Waals surface area contributed by atoms with Gasteiger partial charge in [-0.3, -0.25) is 0 Å². The van der Waals surface area contributed by atoms with Gasteiger partial charge in [0.1, 0.15) is 5.60 Å². The van der Waals surface area contributed by atoms with Crippen molar-refractivity contribution in [2.24, 2.45) is 0 Å². The van der Waals surface area contributed by atoms with Crippen molar-refractivity contribution in [1.29, 1.82) is 0 Å². The normalized spacial score (nSPS) is 19.9. The van der Waals surface area contributed by atoms with Gasteiger partial charge in [-0.05, 0) is 71.1 Å². The van der Waals surface area contributed by atoms with Crippen LogP contribution in [0.3, 0.4) is 0 Å². The van der Waals surface area contributed by atoms with Gasteiger partial charge in [-0.1, -0.05) is 11.6 Å². The molecule has 1 fully saturated rings. The minimum Gasteiger partial charge on any atom is -0.444 e. The molecule has 0 saturated carbocycles. The van der Waals surface area contributed by atoms with Crippen molar-refractivity contribution in [3.05, 3.63) is 41.5 Å². The van der Waals surface area contributed by atoms with Crippen LogP contribution in [0.15, 0.2) is 35.2 Å². The smallest absolute Gasteiger partial charge is 0.417 e. The maximum Gasteiger partial charge on any atom is 0.417 e. The van der Waals surface area contributed by atoms with Crippen molar-refractivity contribution >= 4 is 39.7 Å². The number of hydrogen-bond acceptors (Lipinski definition) is 4. The third-order valence-corrected chi connectivity index (χ3v) is 7.12. The molecule has 4 rings (SSSR count). The number of alkyl halides is 3. The number of β-amino-alcohol motifs (C(OH)–C–C–N with tert-alkyl or cyclic N) is 1. The second-order valence-corrected chi connectivity index (χ2v) is 11.0.